The molecule has 4 aromatic rings. The molecule has 0 bridgehead atoms. The Morgan fingerprint density at radius 3 is 1.32 bits per heavy atom. The van der Waals surface area contributed by atoms with Crippen LogP contribution in [0, 0.1) is 0 Å². The molecule has 0 spiro atoms. The number of rotatable bonds is 24. The predicted octanol–water partition coefficient (Wildman–Crippen LogP) is 0.376. The molecule has 6 amide bonds. The molecule has 24 heteroatoms. The lowest BCUT2D eigenvalue weighted by Crippen LogP contribution is -2.58. The molecule has 5 aliphatic heterocycles. The molecule has 5 saturated heterocycles. The Hall–Kier alpha value is -6.70. The molecular weight excluding hydrogens is 1050 g/mol. The average Bonchev–Trinajstić information content (AvgIpc) is 4.40. The topological polar surface area (TPSA) is 289 Å². The van der Waals surface area contributed by atoms with Gasteiger partial charge < -0.3 is 51.9 Å². The highest BCUT2D eigenvalue weighted by Crippen LogP contribution is 2.34. The zero-order valence-electron chi connectivity index (χ0n) is 47.5. The first kappa shape index (κ1) is 59.9. The van der Waals surface area contributed by atoms with Crippen LogP contribution >= 0.6 is 0 Å². The Balaban J connectivity index is 0.767. The van der Waals surface area contributed by atoms with Crippen LogP contribution in [0.5, 0.6) is 0 Å². The van der Waals surface area contributed by atoms with Gasteiger partial charge in [-0.25, -0.2) is 0 Å². The van der Waals surface area contributed by atoms with Crippen LogP contribution < -0.4 is 31.9 Å². The van der Waals surface area contributed by atoms with E-state index in [-0.39, 0.29) is 73.8 Å². The molecule has 2 aromatic carbocycles. The van der Waals surface area contributed by atoms with Crippen LogP contribution in [0.15, 0.2) is 73.1 Å². The van der Waals surface area contributed by atoms with E-state index in [2.05, 4.69) is 62.3 Å². The predicted molar refractivity (Wildman–Crippen MR) is 303 cm³/mol. The summed E-state index contributed by atoms with van der Waals surface area (Å²) in [4.78, 5) is 91.6. The molecule has 24 nitrogen and oxygen atoms in total. The number of nitrogens with one attached hydrogen (secondary N) is 6. The van der Waals surface area contributed by atoms with E-state index in [1.165, 1.54) is 0 Å². The van der Waals surface area contributed by atoms with Crippen LogP contribution in [0.4, 0.5) is 0 Å². The lowest BCUT2D eigenvalue weighted by molar-refractivity contribution is -0.144. The zero-order valence-corrected chi connectivity index (χ0v) is 47.5. The van der Waals surface area contributed by atoms with Crippen molar-refractivity contribution >= 4 is 35.4 Å². The number of carbonyl (C=O) groups excluding carboxylic acids is 6. The SMILES string of the molecule is C[C@H](NCCO)C(=O)N[C@H]1CCCCC2CC[C@@H](C(=O)N[C@@H](c3ccccc3)c3cn(CCN4CCN(CCn5cc([C@@H](NC(=O)[C@@H]6CCC7CCCC[C@@H](NC(=O)[C@H](C)NCCO)C(=O)N76)c6ccccc6)nn5)CC4)nn3)N2C1=O. The number of carbonyl (C=O) groups is 6. The van der Waals surface area contributed by atoms with Gasteiger partial charge in [0.1, 0.15) is 35.6 Å². The summed E-state index contributed by atoms with van der Waals surface area (Å²) in [6, 6.07) is 13.8. The number of piperazine rings is 1. The Kier molecular flexibility index (Phi) is 21.2. The summed E-state index contributed by atoms with van der Waals surface area (Å²) in [5, 5.41) is 54.9. The first-order chi connectivity index (χ1) is 39.9. The van der Waals surface area contributed by atoms with Crippen LogP contribution in [-0.4, -0.2) is 209 Å². The van der Waals surface area contributed by atoms with E-state index in [4.69, 9.17) is 0 Å². The quantitative estimate of drug-likeness (QED) is 0.0471. The smallest absolute Gasteiger partial charge is 0.246 e. The van der Waals surface area contributed by atoms with Crippen LogP contribution in [0.3, 0.4) is 0 Å². The van der Waals surface area contributed by atoms with Gasteiger partial charge >= 0.3 is 0 Å². The Morgan fingerprint density at radius 1 is 0.537 bits per heavy atom. The third kappa shape index (κ3) is 15.1. The van der Waals surface area contributed by atoms with E-state index in [9.17, 15) is 39.0 Å². The summed E-state index contributed by atoms with van der Waals surface area (Å²) in [7, 11) is 0. The molecule has 444 valence electrons. The van der Waals surface area contributed by atoms with E-state index in [1.807, 2.05) is 82.4 Å². The maximum atomic E-state index is 14.4. The molecule has 8 N–H and O–H groups in total. The molecule has 0 saturated carbocycles. The van der Waals surface area contributed by atoms with Crippen LogP contribution in [0.25, 0.3) is 0 Å². The standard InChI is InChI=1S/C58H84N16O8/c1-39(59-25-35-75)53(77)61-45-19-11-9-17-43-21-23-49(73(43)57(45)81)55(79)63-51(41-13-5-3-6-14-41)47-37-71(67-65-47)33-31-69-27-29-70(30-28-69)32-34-72-38-48(66-68-72)52(42-15-7-4-8-16-42)64-56(80)50-24-22-44-18-10-12-20-46(58(82)74(44)50)62-54(78)40(2)60-26-36-76/h3-8,13-16,37-40,43-46,49-52,59-60,75-76H,9-12,17-36H2,1-2H3,(H,61,77)(H,62,78)(H,63,79)(H,64,80)/t39-,40-,43?,44?,45-,46+,49-,50-,51-,52-/m0/s1. The molecule has 10 atom stereocenters. The summed E-state index contributed by atoms with van der Waals surface area (Å²) in [5.41, 5.74) is 2.85. The maximum Gasteiger partial charge on any atom is 0.246 e. The Labute approximate surface area is 479 Å². The number of fused-ring (bicyclic) bond motifs is 2. The molecule has 5 fully saturated rings. The molecule has 7 heterocycles. The van der Waals surface area contributed by atoms with Crippen molar-refractivity contribution in [3.63, 3.8) is 0 Å². The summed E-state index contributed by atoms with van der Waals surface area (Å²) < 4.78 is 3.63. The van der Waals surface area contributed by atoms with E-state index in [1.54, 1.807) is 23.6 Å². The Bertz CT molecular complexity index is 2560. The largest absolute Gasteiger partial charge is 0.395 e. The van der Waals surface area contributed by atoms with Crippen molar-refractivity contribution in [3.8, 4) is 0 Å². The number of aliphatic hydroxyl groups excluding tert-OH is 2. The van der Waals surface area contributed by atoms with Gasteiger partial charge in [-0.2, -0.15) is 0 Å². The highest BCUT2D eigenvalue weighted by molar-refractivity contribution is 5.95. The third-order valence-electron chi connectivity index (χ3n) is 17.1. The van der Waals surface area contributed by atoms with E-state index in [0.29, 0.717) is 63.0 Å². The first-order valence-electron chi connectivity index (χ1n) is 29.8. The molecule has 82 heavy (non-hydrogen) atoms. The normalized spacial score (nSPS) is 24.2. The van der Waals surface area contributed by atoms with E-state index < -0.39 is 48.3 Å². The van der Waals surface area contributed by atoms with Crippen molar-refractivity contribution in [3.05, 3.63) is 95.6 Å². The minimum absolute atomic E-state index is 0.0952. The zero-order chi connectivity index (χ0) is 57.5. The number of amides is 6. The molecule has 9 rings (SSSR count). The Morgan fingerprint density at radius 2 is 0.927 bits per heavy atom. The van der Waals surface area contributed by atoms with Gasteiger partial charge in [0.2, 0.25) is 35.4 Å². The molecule has 2 aromatic heterocycles. The minimum atomic E-state index is -0.749. The van der Waals surface area contributed by atoms with Gasteiger partial charge in [-0.05, 0) is 76.3 Å². The number of aromatic nitrogens is 6. The molecule has 2 unspecified atom stereocenters. The van der Waals surface area contributed by atoms with Crippen LogP contribution in [0.1, 0.15) is 125 Å². The first-order valence-corrected chi connectivity index (χ1v) is 29.8. The monoisotopic (exact) mass is 1130 g/mol. The fourth-order valence-electron chi connectivity index (χ4n) is 12.4. The number of benzene rings is 2. The number of hydrogen-bond acceptors (Lipinski definition) is 16. The van der Waals surface area contributed by atoms with E-state index >= 15 is 0 Å². The van der Waals surface area contributed by atoms with Gasteiger partial charge in [0.25, 0.3) is 0 Å². The summed E-state index contributed by atoms with van der Waals surface area (Å²) in [6.07, 6.45) is 12.1. The van der Waals surface area contributed by atoms with Gasteiger partial charge in [0.05, 0.1) is 62.9 Å². The van der Waals surface area contributed by atoms with Crippen LogP contribution in [0.2, 0.25) is 0 Å². The highest BCUT2D eigenvalue weighted by atomic mass is 16.3. The van der Waals surface area contributed by atoms with E-state index in [0.717, 1.165) is 88.9 Å². The molecular formula is C58H84N16O8. The molecule has 0 aliphatic carbocycles. The van der Waals surface area contributed by atoms with Gasteiger partial charge in [0, 0.05) is 64.4 Å². The lowest BCUT2D eigenvalue weighted by atomic mass is 9.98. The second kappa shape index (κ2) is 29.0. The fraction of sp³-hybridized carbons (Fsp3) is 0.621. The molecule has 0 radical (unpaired) electrons. The highest BCUT2D eigenvalue weighted by Gasteiger charge is 2.46. The second-order valence-corrected chi connectivity index (χ2v) is 22.7. The summed E-state index contributed by atoms with van der Waals surface area (Å²) in [5.74, 6) is -1.66. The van der Waals surface area contributed by atoms with Crippen molar-refractivity contribution in [2.75, 3.05) is 65.6 Å². The second-order valence-electron chi connectivity index (χ2n) is 22.7. The van der Waals surface area contributed by atoms with Crippen LogP contribution in [-0.2, 0) is 41.9 Å². The minimum Gasteiger partial charge on any atom is -0.395 e. The van der Waals surface area contributed by atoms with Crippen molar-refractivity contribution in [2.24, 2.45) is 0 Å². The molecule has 5 aliphatic rings. The summed E-state index contributed by atoms with van der Waals surface area (Å²) >= 11 is 0. The van der Waals surface area contributed by atoms with Gasteiger partial charge in [-0.3, -0.25) is 47.9 Å². The number of nitrogens with zero attached hydrogens (tertiary/aromatic N) is 10. The summed E-state index contributed by atoms with van der Waals surface area (Å²) in [6.45, 7) is 9.79. The lowest BCUT2D eigenvalue weighted by Gasteiger charge is -2.36. The van der Waals surface area contributed by atoms with Crippen molar-refractivity contribution in [1.82, 2.24) is 81.5 Å². The van der Waals surface area contributed by atoms with Gasteiger partial charge in [-0.15, -0.1) is 10.2 Å². The maximum absolute atomic E-state index is 14.4. The number of aliphatic hydroxyl groups is 2. The fourth-order valence-corrected chi connectivity index (χ4v) is 12.4. The number of hydrogen-bond donors (Lipinski definition) is 8. The van der Waals surface area contributed by atoms with Crippen molar-refractivity contribution in [2.45, 2.75) is 164 Å². The van der Waals surface area contributed by atoms with Gasteiger partial charge in [-0.1, -0.05) is 96.8 Å². The van der Waals surface area contributed by atoms with Gasteiger partial charge in [0.15, 0.2) is 0 Å². The van der Waals surface area contributed by atoms with Crippen molar-refractivity contribution in [1.29, 1.82) is 0 Å². The third-order valence-corrected chi connectivity index (χ3v) is 17.1. The average molecular weight is 1130 g/mol. The van der Waals surface area contributed by atoms with Crippen molar-refractivity contribution < 1.29 is 39.0 Å².